The van der Waals surface area contributed by atoms with Crippen molar-refractivity contribution < 1.29 is 14.3 Å². The Bertz CT molecular complexity index is 696. The third kappa shape index (κ3) is 2.07. The second kappa shape index (κ2) is 4.42. The average molecular weight is 259 g/mol. The maximum Gasteiger partial charge on any atom is 0.338 e. The fraction of sp³-hybridized carbons (Fsp3) is 0.286. The van der Waals surface area contributed by atoms with Gasteiger partial charge >= 0.3 is 5.97 Å². The SMILES string of the molecule is O=C(O)c1coc(Cn2c3c(ccc2=O)CCC3)c1. The van der Waals surface area contributed by atoms with Crippen LogP contribution in [0.2, 0.25) is 0 Å². The Labute approximate surface area is 109 Å². The van der Waals surface area contributed by atoms with E-state index >= 15 is 0 Å². The summed E-state index contributed by atoms with van der Waals surface area (Å²) in [6.07, 6.45) is 4.13. The van der Waals surface area contributed by atoms with Crippen LogP contribution in [0, 0.1) is 0 Å². The van der Waals surface area contributed by atoms with Crippen LogP contribution in [0.3, 0.4) is 0 Å². The number of furan rings is 1. The molecule has 0 fully saturated rings. The normalized spacial score (nSPS) is 13.5. The maximum absolute atomic E-state index is 11.9. The van der Waals surface area contributed by atoms with E-state index in [0.717, 1.165) is 25.0 Å². The summed E-state index contributed by atoms with van der Waals surface area (Å²) in [7, 11) is 0. The van der Waals surface area contributed by atoms with Gasteiger partial charge in [0.1, 0.15) is 12.0 Å². The summed E-state index contributed by atoms with van der Waals surface area (Å²) in [6.45, 7) is 0.287. The highest BCUT2D eigenvalue weighted by atomic mass is 16.4. The lowest BCUT2D eigenvalue weighted by Gasteiger charge is -2.09. The smallest absolute Gasteiger partial charge is 0.338 e. The second-order valence-electron chi connectivity index (χ2n) is 4.69. The van der Waals surface area contributed by atoms with E-state index in [0.29, 0.717) is 5.76 Å². The Balaban J connectivity index is 1.97. The third-order valence-electron chi connectivity index (χ3n) is 3.46. The second-order valence-corrected chi connectivity index (χ2v) is 4.69. The van der Waals surface area contributed by atoms with Crippen LogP contribution < -0.4 is 5.56 Å². The van der Waals surface area contributed by atoms with Crippen molar-refractivity contribution in [1.82, 2.24) is 4.57 Å². The molecule has 0 saturated carbocycles. The van der Waals surface area contributed by atoms with Crippen molar-refractivity contribution in [2.75, 3.05) is 0 Å². The molecule has 0 spiro atoms. The molecule has 2 aromatic rings. The average Bonchev–Trinajstić information content (AvgIpc) is 3.01. The molecule has 0 saturated heterocycles. The number of hydrogen-bond acceptors (Lipinski definition) is 3. The molecule has 5 heteroatoms. The van der Waals surface area contributed by atoms with Crippen LogP contribution in [0.4, 0.5) is 0 Å². The zero-order valence-corrected chi connectivity index (χ0v) is 10.3. The van der Waals surface area contributed by atoms with E-state index in [4.69, 9.17) is 9.52 Å². The van der Waals surface area contributed by atoms with Gasteiger partial charge < -0.3 is 14.1 Å². The first-order chi connectivity index (χ1) is 9.15. The number of fused-ring (bicyclic) bond motifs is 1. The van der Waals surface area contributed by atoms with Gasteiger partial charge in [-0.25, -0.2) is 4.79 Å². The van der Waals surface area contributed by atoms with Gasteiger partial charge in [-0.3, -0.25) is 4.79 Å². The number of pyridine rings is 1. The molecule has 1 N–H and O–H groups in total. The Kier molecular flexibility index (Phi) is 2.74. The van der Waals surface area contributed by atoms with Gasteiger partial charge in [-0.15, -0.1) is 0 Å². The van der Waals surface area contributed by atoms with Crippen molar-refractivity contribution >= 4 is 5.97 Å². The molecule has 3 rings (SSSR count). The molecule has 0 aromatic carbocycles. The van der Waals surface area contributed by atoms with Gasteiger partial charge in [0.15, 0.2) is 0 Å². The summed E-state index contributed by atoms with van der Waals surface area (Å²) in [5, 5.41) is 8.85. The molecular weight excluding hydrogens is 246 g/mol. The van der Waals surface area contributed by atoms with Gasteiger partial charge in [0.25, 0.3) is 5.56 Å². The maximum atomic E-state index is 11.9. The van der Waals surface area contributed by atoms with Gasteiger partial charge in [-0.05, 0) is 30.9 Å². The molecule has 0 unspecified atom stereocenters. The molecule has 1 aliphatic carbocycles. The molecule has 0 radical (unpaired) electrons. The summed E-state index contributed by atoms with van der Waals surface area (Å²) >= 11 is 0. The number of carboxylic acids is 1. The van der Waals surface area contributed by atoms with Crippen molar-refractivity contribution in [2.24, 2.45) is 0 Å². The van der Waals surface area contributed by atoms with E-state index in [9.17, 15) is 9.59 Å². The zero-order valence-electron chi connectivity index (χ0n) is 10.3. The fourth-order valence-electron chi connectivity index (χ4n) is 2.54. The number of aromatic nitrogens is 1. The lowest BCUT2D eigenvalue weighted by Crippen LogP contribution is -2.23. The van der Waals surface area contributed by atoms with Crippen LogP contribution in [0.25, 0.3) is 0 Å². The molecule has 19 heavy (non-hydrogen) atoms. The lowest BCUT2D eigenvalue weighted by atomic mass is 10.2. The number of hydrogen-bond donors (Lipinski definition) is 1. The number of aryl methyl sites for hydroxylation is 1. The minimum Gasteiger partial charge on any atom is -0.478 e. The molecule has 0 aliphatic heterocycles. The minimum atomic E-state index is -1.03. The van der Waals surface area contributed by atoms with Gasteiger partial charge in [0, 0.05) is 11.8 Å². The van der Waals surface area contributed by atoms with Crippen molar-refractivity contribution in [3.8, 4) is 0 Å². The van der Waals surface area contributed by atoms with E-state index in [1.807, 2.05) is 6.07 Å². The Morgan fingerprint density at radius 3 is 2.95 bits per heavy atom. The largest absolute Gasteiger partial charge is 0.478 e. The van der Waals surface area contributed by atoms with Gasteiger partial charge in [-0.2, -0.15) is 0 Å². The number of nitrogens with zero attached hydrogens (tertiary/aromatic N) is 1. The van der Waals surface area contributed by atoms with E-state index in [2.05, 4.69) is 0 Å². The van der Waals surface area contributed by atoms with Crippen LogP contribution in [0.15, 0.2) is 33.7 Å². The number of carboxylic acid groups (broad SMARTS) is 1. The molecule has 1 aliphatic rings. The van der Waals surface area contributed by atoms with Crippen LogP contribution in [-0.4, -0.2) is 15.6 Å². The molecule has 0 atom stereocenters. The summed E-state index contributed by atoms with van der Waals surface area (Å²) in [5.41, 5.74) is 2.27. The van der Waals surface area contributed by atoms with Crippen LogP contribution in [0.5, 0.6) is 0 Å². The topological polar surface area (TPSA) is 72.4 Å². The minimum absolute atomic E-state index is 0.0751. The molecule has 0 amide bonds. The lowest BCUT2D eigenvalue weighted by molar-refractivity contribution is 0.0696. The monoisotopic (exact) mass is 259 g/mol. The van der Waals surface area contributed by atoms with Crippen molar-refractivity contribution in [3.63, 3.8) is 0 Å². The Hall–Kier alpha value is -2.30. The van der Waals surface area contributed by atoms with Gasteiger partial charge in [-0.1, -0.05) is 6.07 Å². The first-order valence-corrected chi connectivity index (χ1v) is 6.17. The van der Waals surface area contributed by atoms with E-state index in [1.54, 1.807) is 10.6 Å². The highest BCUT2D eigenvalue weighted by molar-refractivity contribution is 5.87. The predicted octanol–water partition coefficient (Wildman–Crippen LogP) is 1.68. The standard InChI is InChI=1S/C14H13NO4/c16-13-5-4-9-2-1-3-12(9)15(13)7-11-6-10(8-19-11)14(17)18/h4-6,8H,1-3,7H2,(H,17,18). The summed E-state index contributed by atoms with van der Waals surface area (Å²) in [4.78, 5) is 22.7. The molecule has 98 valence electrons. The molecule has 5 nitrogen and oxygen atoms in total. The molecule has 0 bridgehead atoms. The summed E-state index contributed by atoms with van der Waals surface area (Å²) in [6, 6.07) is 4.90. The van der Waals surface area contributed by atoms with Gasteiger partial charge in [0.2, 0.25) is 0 Å². The Morgan fingerprint density at radius 2 is 2.21 bits per heavy atom. The van der Waals surface area contributed by atoms with Crippen molar-refractivity contribution in [2.45, 2.75) is 25.8 Å². The summed E-state index contributed by atoms with van der Waals surface area (Å²) < 4.78 is 6.88. The first kappa shape index (κ1) is 11.8. The van der Waals surface area contributed by atoms with Crippen LogP contribution in [-0.2, 0) is 19.4 Å². The fourth-order valence-corrected chi connectivity index (χ4v) is 2.54. The summed E-state index contributed by atoms with van der Waals surface area (Å²) in [5.74, 6) is -0.541. The quantitative estimate of drug-likeness (QED) is 0.910. The van der Waals surface area contributed by atoms with Gasteiger partial charge in [0.05, 0.1) is 12.1 Å². The zero-order chi connectivity index (χ0) is 13.4. The van der Waals surface area contributed by atoms with E-state index < -0.39 is 5.97 Å². The Morgan fingerprint density at radius 1 is 1.37 bits per heavy atom. The van der Waals surface area contributed by atoms with Crippen molar-refractivity contribution in [1.29, 1.82) is 0 Å². The molecular formula is C14H13NO4. The predicted molar refractivity (Wildman–Crippen MR) is 67.5 cm³/mol. The number of carbonyl (C=O) groups is 1. The number of rotatable bonds is 3. The molecule has 2 aromatic heterocycles. The van der Waals surface area contributed by atoms with E-state index in [-0.39, 0.29) is 17.7 Å². The van der Waals surface area contributed by atoms with E-state index in [1.165, 1.54) is 17.9 Å². The van der Waals surface area contributed by atoms with Crippen LogP contribution in [0.1, 0.15) is 33.8 Å². The first-order valence-electron chi connectivity index (χ1n) is 6.17. The molecule has 2 heterocycles. The van der Waals surface area contributed by atoms with Crippen LogP contribution >= 0.6 is 0 Å². The highest BCUT2D eigenvalue weighted by Crippen LogP contribution is 2.21. The number of aromatic carboxylic acids is 1. The van der Waals surface area contributed by atoms with Crippen molar-refractivity contribution in [3.05, 3.63) is 57.4 Å². The highest BCUT2D eigenvalue weighted by Gasteiger charge is 2.17. The third-order valence-corrected chi connectivity index (χ3v) is 3.46.